The van der Waals surface area contributed by atoms with Crippen molar-refractivity contribution in [3.05, 3.63) is 0 Å². The van der Waals surface area contributed by atoms with E-state index in [-0.39, 0.29) is 11.9 Å². The molecule has 0 aliphatic heterocycles. The lowest BCUT2D eigenvalue weighted by atomic mass is 9.99. The van der Waals surface area contributed by atoms with Gasteiger partial charge in [-0.25, -0.2) is 5.43 Å². The Morgan fingerprint density at radius 1 is 1.57 bits per heavy atom. The smallest absolute Gasteiger partial charge is 0.322 e. The van der Waals surface area contributed by atoms with Gasteiger partial charge in [0.25, 0.3) is 0 Å². The van der Waals surface area contributed by atoms with E-state index < -0.39 is 12.0 Å². The minimum Gasteiger partial charge on any atom is -0.480 e. The maximum atomic E-state index is 10.6. The van der Waals surface area contributed by atoms with Crippen molar-refractivity contribution in [3.8, 4) is 0 Å². The Labute approximate surface area is 82.3 Å². The molecular weight excluding hydrogens is 186 g/mol. The summed E-state index contributed by atoms with van der Waals surface area (Å²) in [6, 6.07) is -0.774. The third kappa shape index (κ3) is 4.63. The molecule has 0 aromatic carbocycles. The van der Waals surface area contributed by atoms with Crippen molar-refractivity contribution in [2.75, 3.05) is 6.54 Å². The van der Waals surface area contributed by atoms with Crippen molar-refractivity contribution in [2.45, 2.75) is 19.4 Å². The predicted octanol–water partition coefficient (Wildman–Crippen LogP) is -1.80. The molecule has 82 valence electrons. The number of carboxylic acid groups (broad SMARTS) is 1. The van der Waals surface area contributed by atoms with Gasteiger partial charge in [0.1, 0.15) is 6.04 Å². The SMILES string of the molecule is CC(CCN=C(N)N)[C@H](NN)C(=O)O. The van der Waals surface area contributed by atoms with E-state index in [0.29, 0.717) is 13.0 Å². The largest absolute Gasteiger partial charge is 0.480 e. The van der Waals surface area contributed by atoms with Crippen LogP contribution in [0.4, 0.5) is 0 Å². The molecule has 14 heavy (non-hydrogen) atoms. The summed E-state index contributed by atoms with van der Waals surface area (Å²) < 4.78 is 0. The lowest BCUT2D eigenvalue weighted by molar-refractivity contribution is -0.140. The highest BCUT2D eigenvalue weighted by Crippen LogP contribution is 2.07. The molecule has 0 aliphatic rings. The molecule has 0 aromatic heterocycles. The van der Waals surface area contributed by atoms with Crippen LogP contribution in [-0.4, -0.2) is 29.6 Å². The minimum absolute atomic E-state index is 0.00443. The van der Waals surface area contributed by atoms with Crippen LogP contribution in [0.5, 0.6) is 0 Å². The van der Waals surface area contributed by atoms with E-state index in [4.69, 9.17) is 22.4 Å². The van der Waals surface area contributed by atoms with Gasteiger partial charge in [-0.3, -0.25) is 15.6 Å². The number of aliphatic carboxylic acids is 1. The summed E-state index contributed by atoms with van der Waals surface area (Å²) in [6.07, 6.45) is 0.555. The molecule has 0 aliphatic carbocycles. The number of hydrazine groups is 1. The van der Waals surface area contributed by atoms with Crippen LogP contribution in [0, 0.1) is 5.92 Å². The first-order valence-corrected chi connectivity index (χ1v) is 4.23. The van der Waals surface area contributed by atoms with Gasteiger partial charge in [-0.15, -0.1) is 0 Å². The van der Waals surface area contributed by atoms with Crippen molar-refractivity contribution in [1.29, 1.82) is 0 Å². The van der Waals surface area contributed by atoms with E-state index in [1.54, 1.807) is 6.92 Å². The highest BCUT2D eigenvalue weighted by Gasteiger charge is 2.22. The number of hydrogen-bond acceptors (Lipinski definition) is 4. The Hall–Kier alpha value is -1.34. The Bertz CT molecular complexity index is 214. The number of nitrogens with zero attached hydrogens (tertiary/aromatic N) is 1. The quantitative estimate of drug-likeness (QED) is 0.149. The average molecular weight is 203 g/mol. The number of guanidine groups is 1. The summed E-state index contributed by atoms with van der Waals surface area (Å²) in [5, 5.41) is 8.72. The monoisotopic (exact) mass is 203 g/mol. The zero-order valence-electron chi connectivity index (χ0n) is 8.10. The van der Waals surface area contributed by atoms with Gasteiger partial charge < -0.3 is 16.6 Å². The van der Waals surface area contributed by atoms with Crippen molar-refractivity contribution in [2.24, 2.45) is 28.2 Å². The van der Waals surface area contributed by atoms with Gasteiger partial charge >= 0.3 is 5.97 Å². The van der Waals surface area contributed by atoms with E-state index >= 15 is 0 Å². The third-order valence-corrected chi connectivity index (χ3v) is 1.89. The Balaban J connectivity index is 3.99. The van der Waals surface area contributed by atoms with Crippen molar-refractivity contribution >= 4 is 11.9 Å². The molecule has 0 rings (SSSR count). The second-order valence-corrected chi connectivity index (χ2v) is 3.06. The van der Waals surface area contributed by atoms with Gasteiger partial charge in [0.2, 0.25) is 0 Å². The maximum absolute atomic E-state index is 10.6. The van der Waals surface area contributed by atoms with Crippen molar-refractivity contribution in [1.82, 2.24) is 5.43 Å². The average Bonchev–Trinajstić information content (AvgIpc) is 2.03. The topological polar surface area (TPSA) is 140 Å². The van der Waals surface area contributed by atoms with E-state index in [0.717, 1.165) is 0 Å². The van der Waals surface area contributed by atoms with Crippen LogP contribution in [0.1, 0.15) is 13.3 Å². The molecular formula is C7H17N5O2. The van der Waals surface area contributed by atoms with E-state index in [1.165, 1.54) is 0 Å². The van der Waals surface area contributed by atoms with Crippen LogP contribution in [0.25, 0.3) is 0 Å². The standard InChI is InChI=1S/C7H17N5O2/c1-4(2-3-11-7(8)9)5(12-10)6(13)14/h4-5,12H,2-3,10H2,1H3,(H,13,14)(H4,8,9,11)/t4?,5-/m0/s1. The van der Waals surface area contributed by atoms with Crippen LogP contribution in [0.3, 0.4) is 0 Å². The van der Waals surface area contributed by atoms with Crippen LogP contribution < -0.4 is 22.7 Å². The highest BCUT2D eigenvalue weighted by atomic mass is 16.4. The molecule has 0 saturated carbocycles. The molecule has 0 radical (unpaired) electrons. The molecule has 8 N–H and O–H groups in total. The number of carboxylic acids is 1. The van der Waals surface area contributed by atoms with Gasteiger partial charge in [-0.1, -0.05) is 6.92 Å². The summed E-state index contributed by atoms with van der Waals surface area (Å²) in [5.41, 5.74) is 12.5. The van der Waals surface area contributed by atoms with Gasteiger partial charge in [0.05, 0.1) is 0 Å². The number of carbonyl (C=O) groups is 1. The minimum atomic E-state index is -0.982. The molecule has 0 spiro atoms. The molecule has 0 bridgehead atoms. The van der Waals surface area contributed by atoms with E-state index in [9.17, 15) is 4.79 Å². The number of nitrogens with one attached hydrogen (secondary N) is 1. The van der Waals surface area contributed by atoms with E-state index in [2.05, 4.69) is 10.4 Å². The van der Waals surface area contributed by atoms with Gasteiger partial charge in [-0.2, -0.15) is 0 Å². The fourth-order valence-electron chi connectivity index (χ4n) is 1.04. The normalized spacial score (nSPS) is 14.4. The lowest BCUT2D eigenvalue weighted by Crippen LogP contribution is -2.46. The van der Waals surface area contributed by atoms with Crippen molar-refractivity contribution < 1.29 is 9.90 Å². The molecule has 1 unspecified atom stereocenters. The maximum Gasteiger partial charge on any atom is 0.322 e. The number of rotatable bonds is 6. The van der Waals surface area contributed by atoms with Crippen LogP contribution in [0.15, 0.2) is 4.99 Å². The summed E-state index contributed by atoms with van der Waals surface area (Å²) in [4.78, 5) is 14.4. The summed E-state index contributed by atoms with van der Waals surface area (Å²) >= 11 is 0. The fourth-order valence-corrected chi connectivity index (χ4v) is 1.04. The number of nitrogens with two attached hydrogens (primary N) is 3. The first kappa shape index (κ1) is 12.7. The second-order valence-electron chi connectivity index (χ2n) is 3.06. The third-order valence-electron chi connectivity index (χ3n) is 1.89. The number of hydrogen-bond donors (Lipinski definition) is 5. The Kier molecular flexibility index (Phi) is 5.58. The molecule has 0 saturated heterocycles. The van der Waals surface area contributed by atoms with Crippen LogP contribution in [0.2, 0.25) is 0 Å². The molecule has 2 atom stereocenters. The molecule has 0 amide bonds. The molecule has 0 aromatic rings. The molecule has 0 heterocycles. The number of aliphatic imine (C=N–C) groups is 1. The zero-order chi connectivity index (χ0) is 11.1. The zero-order valence-corrected chi connectivity index (χ0v) is 8.10. The Morgan fingerprint density at radius 2 is 2.14 bits per heavy atom. The van der Waals surface area contributed by atoms with Gasteiger partial charge in [0, 0.05) is 6.54 Å². The first-order valence-electron chi connectivity index (χ1n) is 4.23. The van der Waals surface area contributed by atoms with Crippen molar-refractivity contribution in [3.63, 3.8) is 0 Å². The van der Waals surface area contributed by atoms with Gasteiger partial charge in [-0.05, 0) is 12.3 Å². The second kappa shape index (κ2) is 6.17. The summed E-state index contributed by atoms with van der Waals surface area (Å²) in [5.74, 6) is 3.97. The molecule has 7 nitrogen and oxygen atoms in total. The van der Waals surface area contributed by atoms with Crippen LogP contribution >= 0.6 is 0 Å². The fraction of sp³-hybridized carbons (Fsp3) is 0.714. The summed E-state index contributed by atoms with van der Waals surface area (Å²) in [6.45, 7) is 2.16. The van der Waals surface area contributed by atoms with Crippen LogP contribution in [-0.2, 0) is 4.79 Å². The van der Waals surface area contributed by atoms with Gasteiger partial charge in [0.15, 0.2) is 5.96 Å². The predicted molar refractivity (Wildman–Crippen MR) is 53.2 cm³/mol. The van der Waals surface area contributed by atoms with E-state index in [1.807, 2.05) is 0 Å². The molecule has 7 heteroatoms. The summed E-state index contributed by atoms with van der Waals surface area (Å²) in [7, 11) is 0. The Morgan fingerprint density at radius 3 is 2.50 bits per heavy atom. The lowest BCUT2D eigenvalue weighted by Gasteiger charge is -2.17. The first-order chi connectivity index (χ1) is 6.49. The molecule has 0 fully saturated rings. The highest BCUT2D eigenvalue weighted by molar-refractivity contribution is 5.75.